The Bertz CT molecular complexity index is 697. The van der Waals surface area contributed by atoms with Crippen molar-refractivity contribution in [2.75, 3.05) is 6.61 Å². The van der Waals surface area contributed by atoms with Crippen molar-refractivity contribution in [3.63, 3.8) is 0 Å². The zero-order valence-corrected chi connectivity index (χ0v) is 14.7. The predicted octanol–water partition coefficient (Wildman–Crippen LogP) is 4.34. The van der Waals surface area contributed by atoms with E-state index in [4.69, 9.17) is 9.84 Å². The maximum Gasteiger partial charge on any atom is 0.313 e. The summed E-state index contributed by atoms with van der Waals surface area (Å²) in [6, 6.07) is 11.7. The molecule has 2 aromatic carbocycles. The van der Waals surface area contributed by atoms with Crippen molar-refractivity contribution in [3.8, 4) is 0 Å². The van der Waals surface area contributed by atoms with Gasteiger partial charge < -0.3 is 9.84 Å². The van der Waals surface area contributed by atoms with Crippen molar-refractivity contribution in [2.24, 2.45) is 0 Å². The van der Waals surface area contributed by atoms with Gasteiger partial charge in [-0.05, 0) is 55.7 Å². The summed E-state index contributed by atoms with van der Waals surface area (Å²) < 4.78 is 29.8. The molecule has 1 N–H and O–H groups in total. The number of hydrogen-bond donors (Lipinski definition) is 1. The highest BCUT2D eigenvalue weighted by atomic mass is 19.1. The quantitative estimate of drug-likeness (QED) is 0.775. The molecule has 0 heterocycles. The third kappa shape index (κ3) is 7.88. The Morgan fingerprint density at radius 2 is 1.50 bits per heavy atom. The summed E-state index contributed by atoms with van der Waals surface area (Å²) in [6.45, 7) is 3.87. The number of aryl methyl sites for hydroxylation is 1. The number of carboxylic acid groups (broad SMARTS) is 1. The van der Waals surface area contributed by atoms with E-state index in [1.165, 1.54) is 24.3 Å². The Balaban J connectivity index is 0.000000263. The first-order valence-corrected chi connectivity index (χ1v) is 8.21. The van der Waals surface area contributed by atoms with E-state index in [0.717, 1.165) is 11.1 Å². The van der Waals surface area contributed by atoms with E-state index in [1.54, 1.807) is 38.1 Å². The normalized spacial score (nSPS) is 11.1. The first-order valence-electron chi connectivity index (χ1n) is 8.21. The van der Waals surface area contributed by atoms with Crippen LogP contribution in [-0.2, 0) is 20.7 Å². The number of carboxylic acids is 1. The van der Waals surface area contributed by atoms with Crippen LogP contribution >= 0.6 is 0 Å². The van der Waals surface area contributed by atoms with Gasteiger partial charge in [0.2, 0.25) is 0 Å². The summed E-state index contributed by atoms with van der Waals surface area (Å²) in [7, 11) is 0. The van der Waals surface area contributed by atoms with Crippen LogP contribution in [0.25, 0.3) is 0 Å². The van der Waals surface area contributed by atoms with Crippen LogP contribution in [0.2, 0.25) is 0 Å². The molecule has 0 saturated carbocycles. The largest absolute Gasteiger partial charge is 0.481 e. The van der Waals surface area contributed by atoms with Gasteiger partial charge in [-0.2, -0.15) is 0 Å². The Labute approximate surface area is 151 Å². The van der Waals surface area contributed by atoms with Crippen molar-refractivity contribution >= 4 is 11.9 Å². The lowest BCUT2D eigenvalue weighted by atomic mass is 10.0. The average molecular weight is 364 g/mol. The second kappa shape index (κ2) is 11.0. The monoisotopic (exact) mass is 364 g/mol. The molecule has 140 valence electrons. The molecule has 0 aliphatic carbocycles. The topological polar surface area (TPSA) is 63.6 Å². The Kier molecular flexibility index (Phi) is 8.98. The van der Waals surface area contributed by atoms with Gasteiger partial charge in [0, 0.05) is 6.42 Å². The number of rotatable bonds is 6. The molecular weight excluding hydrogens is 342 g/mol. The van der Waals surface area contributed by atoms with Gasteiger partial charge in [-0.25, -0.2) is 8.78 Å². The molecule has 26 heavy (non-hydrogen) atoms. The molecule has 0 bridgehead atoms. The standard InChI is InChI=1S/C11H13FO2.C9H9FO2/c1-3-14-11(13)8(2)9-4-6-10(12)7-5-9;10-8-4-1-7(2-5-8)3-6-9(11)12/h4-8H,3H2,1-2H3;1-2,4-5H,3,6H2,(H,11,12). The van der Waals surface area contributed by atoms with Crippen LogP contribution in [0.5, 0.6) is 0 Å². The van der Waals surface area contributed by atoms with Crippen LogP contribution in [0, 0.1) is 11.6 Å². The van der Waals surface area contributed by atoms with Gasteiger partial charge in [-0.3, -0.25) is 9.59 Å². The fourth-order valence-corrected chi connectivity index (χ4v) is 2.06. The third-order valence-corrected chi connectivity index (χ3v) is 3.55. The van der Waals surface area contributed by atoms with Gasteiger partial charge in [0.05, 0.1) is 12.5 Å². The maximum atomic E-state index is 12.6. The number of esters is 1. The molecule has 0 fully saturated rings. The van der Waals surface area contributed by atoms with Crippen molar-refractivity contribution in [1.82, 2.24) is 0 Å². The van der Waals surface area contributed by atoms with Gasteiger partial charge >= 0.3 is 11.9 Å². The molecule has 0 radical (unpaired) electrons. The van der Waals surface area contributed by atoms with E-state index in [1.807, 2.05) is 0 Å². The lowest BCUT2D eigenvalue weighted by Gasteiger charge is -2.10. The Morgan fingerprint density at radius 1 is 1.00 bits per heavy atom. The Morgan fingerprint density at radius 3 is 1.96 bits per heavy atom. The molecule has 2 aromatic rings. The van der Waals surface area contributed by atoms with E-state index in [2.05, 4.69) is 0 Å². The van der Waals surface area contributed by atoms with Crippen molar-refractivity contribution in [2.45, 2.75) is 32.6 Å². The van der Waals surface area contributed by atoms with Crippen molar-refractivity contribution in [3.05, 3.63) is 71.3 Å². The fourth-order valence-electron chi connectivity index (χ4n) is 2.06. The molecule has 0 spiro atoms. The summed E-state index contributed by atoms with van der Waals surface area (Å²) in [5.74, 6) is -2.05. The molecule has 0 amide bonds. The zero-order chi connectivity index (χ0) is 19.5. The maximum absolute atomic E-state index is 12.6. The van der Waals surface area contributed by atoms with Crippen LogP contribution in [-0.4, -0.2) is 23.7 Å². The molecule has 0 saturated heterocycles. The molecule has 0 aliphatic rings. The summed E-state index contributed by atoms with van der Waals surface area (Å²) in [5.41, 5.74) is 1.61. The summed E-state index contributed by atoms with van der Waals surface area (Å²) in [6.07, 6.45) is 0.543. The van der Waals surface area contributed by atoms with Gasteiger partial charge in [0.25, 0.3) is 0 Å². The Hall–Kier alpha value is -2.76. The lowest BCUT2D eigenvalue weighted by Crippen LogP contribution is -2.12. The molecular formula is C20H22F2O4. The highest BCUT2D eigenvalue weighted by Gasteiger charge is 2.15. The van der Waals surface area contributed by atoms with E-state index >= 15 is 0 Å². The SMILES string of the molecule is CCOC(=O)C(C)c1ccc(F)cc1.O=C(O)CCc1ccc(F)cc1. The smallest absolute Gasteiger partial charge is 0.313 e. The molecule has 0 aromatic heterocycles. The molecule has 6 heteroatoms. The van der Waals surface area contributed by atoms with Gasteiger partial charge in [0.15, 0.2) is 0 Å². The summed E-state index contributed by atoms with van der Waals surface area (Å²) in [5, 5.41) is 8.36. The molecule has 1 atom stereocenters. The second-order valence-corrected chi connectivity index (χ2v) is 5.55. The van der Waals surface area contributed by atoms with E-state index < -0.39 is 5.97 Å². The van der Waals surface area contributed by atoms with Crippen LogP contribution in [0.4, 0.5) is 8.78 Å². The number of carbonyl (C=O) groups excluding carboxylic acids is 1. The van der Waals surface area contributed by atoms with Gasteiger partial charge in [0.1, 0.15) is 11.6 Å². The number of ether oxygens (including phenoxy) is 1. The van der Waals surface area contributed by atoms with Gasteiger partial charge in [-0.15, -0.1) is 0 Å². The minimum absolute atomic E-state index is 0.0889. The predicted molar refractivity (Wildman–Crippen MR) is 93.8 cm³/mol. The molecule has 2 rings (SSSR count). The van der Waals surface area contributed by atoms with Crippen LogP contribution in [0.1, 0.15) is 37.3 Å². The first-order chi connectivity index (χ1) is 12.3. The van der Waals surface area contributed by atoms with E-state index in [9.17, 15) is 18.4 Å². The number of benzene rings is 2. The van der Waals surface area contributed by atoms with Crippen molar-refractivity contribution < 1.29 is 28.2 Å². The van der Waals surface area contributed by atoms with Crippen LogP contribution < -0.4 is 0 Å². The first kappa shape index (κ1) is 21.3. The summed E-state index contributed by atoms with van der Waals surface area (Å²) >= 11 is 0. The number of carbonyl (C=O) groups is 2. The minimum atomic E-state index is -0.834. The number of hydrogen-bond acceptors (Lipinski definition) is 3. The third-order valence-electron chi connectivity index (χ3n) is 3.55. The minimum Gasteiger partial charge on any atom is -0.481 e. The molecule has 0 aliphatic heterocycles. The van der Waals surface area contributed by atoms with Crippen LogP contribution in [0.3, 0.4) is 0 Å². The highest BCUT2D eigenvalue weighted by molar-refractivity contribution is 5.77. The van der Waals surface area contributed by atoms with Crippen molar-refractivity contribution in [1.29, 1.82) is 0 Å². The van der Waals surface area contributed by atoms with E-state index in [0.29, 0.717) is 13.0 Å². The lowest BCUT2D eigenvalue weighted by molar-refractivity contribution is -0.144. The molecule has 1 unspecified atom stereocenters. The van der Waals surface area contributed by atoms with Gasteiger partial charge in [-0.1, -0.05) is 24.3 Å². The summed E-state index contributed by atoms with van der Waals surface area (Å²) in [4.78, 5) is 21.5. The van der Waals surface area contributed by atoms with Crippen LogP contribution in [0.15, 0.2) is 48.5 Å². The van der Waals surface area contributed by atoms with E-state index in [-0.39, 0.29) is 29.9 Å². The number of aliphatic carboxylic acids is 1. The molecule has 4 nitrogen and oxygen atoms in total. The highest BCUT2D eigenvalue weighted by Crippen LogP contribution is 2.16. The second-order valence-electron chi connectivity index (χ2n) is 5.55. The zero-order valence-electron chi connectivity index (χ0n) is 14.7. The number of halogens is 2. The average Bonchev–Trinajstić information content (AvgIpc) is 2.62. The fraction of sp³-hybridized carbons (Fsp3) is 0.300.